The Morgan fingerprint density at radius 1 is 0.412 bits per heavy atom. The second-order valence-electron chi connectivity index (χ2n) is 13.9. The van der Waals surface area contributed by atoms with Crippen LogP contribution in [0.15, 0.2) is 0 Å². The number of hydrogen-bond donors (Lipinski definition) is 0. The van der Waals surface area contributed by atoms with Crippen molar-refractivity contribution >= 4 is 30.3 Å². The molecule has 0 aliphatic carbocycles. The lowest BCUT2D eigenvalue weighted by molar-refractivity contribution is -0.168. The molecule has 0 N–H and O–H groups in total. The van der Waals surface area contributed by atoms with Gasteiger partial charge in [-0.1, -0.05) is 168 Å². The zero-order valence-corrected chi connectivity index (χ0v) is 32.6. The Hall–Kier alpha value is -2.65. The van der Waals surface area contributed by atoms with E-state index in [1.54, 1.807) is 0 Å². The van der Waals surface area contributed by atoms with Gasteiger partial charge in [0.25, 0.3) is 6.47 Å². The minimum atomic E-state index is -0.988. The van der Waals surface area contributed by atoms with E-state index in [2.05, 4.69) is 23.3 Å². The SMILES string of the molecule is CCCCCCCCCCCCCCCC(=O)OCC(COC(=O)CCCCCCCCCCCCCCC)OC(=O)CCC(=O)OCOC=O. The molecule has 0 saturated carbocycles. The molecule has 298 valence electrons. The predicted molar refractivity (Wildman–Crippen MR) is 200 cm³/mol. The molecule has 0 rings (SSSR count). The third kappa shape index (κ3) is 36.9. The van der Waals surface area contributed by atoms with Crippen molar-refractivity contribution in [2.24, 2.45) is 0 Å². The van der Waals surface area contributed by atoms with Crippen molar-refractivity contribution in [2.75, 3.05) is 20.0 Å². The van der Waals surface area contributed by atoms with Crippen molar-refractivity contribution in [2.45, 2.75) is 213 Å². The topological polar surface area (TPSA) is 132 Å². The second kappa shape index (κ2) is 38.6. The van der Waals surface area contributed by atoms with Gasteiger partial charge in [0.15, 0.2) is 6.10 Å². The largest absolute Gasteiger partial charge is 0.462 e. The Labute approximate surface area is 310 Å². The van der Waals surface area contributed by atoms with Crippen molar-refractivity contribution in [3.63, 3.8) is 0 Å². The molecule has 0 saturated heterocycles. The van der Waals surface area contributed by atoms with E-state index >= 15 is 0 Å². The summed E-state index contributed by atoms with van der Waals surface area (Å²) in [5.41, 5.74) is 0. The molecule has 10 heteroatoms. The quantitative estimate of drug-likeness (QED) is 0.0198. The Kier molecular flexibility index (Phi) is 36.6. The van der Waals surface area contributed by atoms with E-state index in [-0.39, 0.29) is 45.4 Å². The van der Waals surface area contributed by atoms with Gasteiger partial charge in [0, 0.05) is 12.8 Å². The normalized spacial score (nSPS) is 11.0. The van der Waals surface area contributed by atoms with Crippen molar-refractivity contribution in [3.05, 3.63) is 0 Å². The van der Waals surface area contributed by atoms with Crippen molar-refractivity contribution < 1.29 is 47.7 Å². The molecule has 0 aliphatic heterocycles. The van der Waals surface area contributed by atoms with Crippen LogP contribution in [0, 0.1) is 0 Å². The number of ether oxygens (including phenoxy) is 5. The van der Waals surface area contributed by atoms with Gasteiger partial charge >= 0.3 is 23.9 Å². The summed E-state index contributed by atoms with van der Waals surface area (Å²) in [4.78, 5) is 59.1. The molecule has 0 fully saturated rings. The highest BCUT2D eigenvalue weighted by Crippen LogP contribution is 2.15. The summed E-state index contributed by atoms with van der Waals surface area (Å²) >= 11 is 0. The van der Waals surface area contributed by atoms with Crippen LogP contribution in [-0.2, 0) is 47.7 Å². The molecule has 0 amide bonds. The van der Waals surface area contributed by atoms with Crippen LogP contribution in [0.3, 0.4) is 0 Å². The van der Waals surface area contributed by atoms with Crippen LogP contribution in [0.4, 0.5) is 0 Å². The lowest BCUT2D eigenvalue weighted by atomic mass is 10.0. The third-order valence-electron chi connectivity index (χ3n) is 9.02. The molecule has 10 nitrogen and oxygen atoms in total. The highest BCUT2D eigenvalue weighted by atomic mass is 16.7. The molecule has 0 spiro atoms. The fraction of sp³-hybridized carbons (Fsp3) is 0.878. The van der Waals surface area contributed by atoms with Crippen LogP contribution < -0.4 is 0 Å². The Morgan fingerprint density at radius 2 is 0.725 bits per heavy atom. The Balaban J connectivity index is 4.30. The van der Waals surface area contributed by atoms with Crippen LogP contribution in [-0.4, -0.2) is 56.5 Å². The van der Waals surface area contributed by atoms with Gasteiger partial charge in [0.2, 0.25) is 6.79 Å². The minimum Gasteiger partial charge on any atom is -0.462 e. The van der Waals surface area contributed by atoms with E-state index in [0.717, 1.165) is 38.5 Å². The van der Waals surface area contributed by atoms with E-state index < -0.39 is 36.8 Å². The molecule has 0 unspecified atom stereocenters. The van der Waals surface area contributed by atoms with Crippen LogP contribution >= 0.6 is 0 Å². The van der Waals surface area contributed by atoms with E-state index in [1.807, 2.05) is 0 Å². The zero-order chi connectivity index (χ0) is 37.5. The van der Waals surface area contributed by atoms with Crippen LogP contribution in [0.2, 0.25) is 0 Å². The summed E-state index contributed by atoms with van der Waals surface area (Å²) in [6, 6.07) is 0. The van der Waals surface area contributed by atoms with Crippen molar-refractivity contribution in [1.29, 1.82) is 0 Å². The number of carbonyl (C=O) groups excluding carboxylic acids is 5. The van der Waals surface area contributed by atoms with Gasteiger partial charge in [0.1, 0.15) is 13.2 Å². The van der Waals surface area contributed by atoms with E-state index in [9.17, 15) is 24.0 Å². The average molecular weight is 727 g/mol. The van der Waals surface area contributed by atoms with Gasteiger partial charge in [-0.2, -0.15) is 0 Å². The summed E-state index contributed by atoms with van der Waals surface area (Å²) in [5, 5.41) is 0. The highest BCUT2D eigenvalue weighted by Gasteiger charge is 2.20. The molecule has 0 heterocycles. The van der Waals surface area contributed by atoms with Gasteiger partial charge in [-0.25, -0.2) is 0 Å². The standard InChI is InChI=1S/C41H74O10/c1-3-5-7-9-11-13-15-17-19-21-23-25-27-29-38(43)48-33-37(51-41(46)32-31-40(45)50-36-47-35-42)34-49-39(44)30-28-26-24-22-20-18-16-14-12-10-8-6-4-2/h35,37H,3-34,36H2,1-2H3. The van der Waals surface area contributed by atoms with E-state index in [0.29, 0.717) is 0 Å². The van der Waals surface area contributed by atoms with E-state index in [4.69, 9.17) is 14.2 Å². The molecule has 0 aromatic heterocycles. The first-order valence-corrected chi connectivity index (χ1v) is 20.6. The van der Waals surface area contributed by atoms with Gasteiger partial charge in [-0.15, -0.1) is 0 Å². The zero-order valence-electron chi connectivity index (χ0n) is 32.6. The van der Waals surface area contributed by atoms with Gasteiger partial charge in [0.05, 0.1) is 12.8 Å². The van der Waals surface area contributed by atoms with Crippen molar-refractivity contribution in [3.8, 4) is 0 Å². The molecule has 0 aromatic rings. The molecule has 0 atom stereocenters. The summed E-state index contributed by atoms with van der Waals surface area (Å²) in [6.07, 6.45) is 30.5. The first-order chi connectivity index (χ1) is 24.9. The number of carbonyl (C=O) groups is 5. The minimum absolute atomic E-state index is 0.145. The average Bonchev–Trinajstić information content (AvgIpc) is 3.12. The smallest absolute Gasteiger partial charge is 0.309 e. The maximum absolute atomic E-state index is 12.4. The summed E-state index contributed by atoms with van der Waals surface area (Å²) in [7, 11) is 0. The highest BCUT2D eigenvalue weighted by molar-refractivity contribution is 5.77. The van der Waals surface area contributed by atoms with Crippen LogP contribution in [0.25, 0.3) is 0 Å². The summed E-state index contributed by atoms with van der Waals surface area (Å²) < 4.78 is 25.1. The van der Waals surface area contributed by atoms with Gasteiger partial charge in [-0.05, 0) is 12.8 Å². The van der Waals surface area contributed by atoms with E-state index in [1.165, 1.54) is 128 Å². The number of rotatable bonds is 39. The van der Waals surface area contributed by atoms with Gasteiger partial charge in [-0.3, -0.25) is 24.0 Å². The van der Waals surface area contributed by atoms with Crippen molar-refractivity contribution in [1.82, 2.24) is 0 Å². The lowest BCUT2D eigenvalue weighted by Gasteiger charge is -2.18. The number of esters is 4. The monoisotopic (exact) mass is 727 g/mol. The third-order valence-corrected chi connectivity index (χ3v) is 9.02. The summed E-state index contributed by atoms with van der Waals surface area (Å²) in [5.74, 6) is -2.25. The van der Waals surface area contributed by atoms with Crippen LogP contribution in [0.1, 0.15) is 206 Å². The van der Waals surface area contributed by atoms with Gasteiger partial charge < -0.3 is 23.7 Å². The molecule has 0 bridgehead atoms. The first-order valence-electron chi connectivity index (χ1n) is 20.6. The summed E-state index contributed by atoms with van der Waals surface area (Å²) in [6.45, 7) is 3.60. The molecule has 0 radical (unpaired) electrons. The fourth-order valence-electron chi connectivity index (χ4n) is 5.86. The lowest BCUT2D eigenvalue weighted by Crippen LogP contribution is -2.31. The molecular formula is C41H74O10. The Bertz CT molecular complexity index is 800. The predicted octanol–water partition coefficient (Wildman–Crippen LogP) is 10.4. The first kappa shape index (κ1) is 48.3. The number of unbranched alkanes of at least 4 members (excludes halogenated alkanes) is 24. The fourth-order valence-corrected chi connectivity index (χ4v) is 5.86. The maximum atomic E-state index is 12.4. The maximum Gasteiger partial charge on any atom is 0.309 e. The molecule has 51 heavy (non-hydrogen) atoms. The molecule has 0 aromatic carbocycles. The van der Waals surface area contributed by atoms with Crippen LogP contribution in [0.5, 0.6) is 0 Å². The molecular weight excluding hydrogens is 652 g/mol. The Morgan fingerprint density at radius 3 is 1.08 bits per heavy atom. The second-order valence-corrected chi connectivity index (χ2v) is 13.9. The molecule has 0 aliphatic rings. The number of hydrogen-bond acceptors (Lipinski definition) is 10.